The molecule has 2 aliphatic heterocycles. The number of rotatable bonds is 5. The van der Waals surface area contributed by atoms with Gasteiger partial charge in [0, 0.05) is 12.2 Å². The molecule has 0 spiro atoms. The van der Waals surface area contributed by atoms with E-state index in [9.17, 15) is 4.79 Å². The van der Waals surface area contributed by atoms with Gasteiger partial charge in [-0.05, 0) is 30.4 Å². The summed E-state index contributed by atoms with van der Waals surface area (Å²) in [5.74, 6) is 0.540. The Labute approximate surface area is 179 Å². The lowest BCUT2D eigenvalue weighted by molar-refractivity contribution is 0.00314. The van der Waals surface area contributed by atoms with Crippen LogP contribution in [0, 0.1) is 0 Å². The maximum absolute atomic E-state index is 12.3. The van der Waals surface area contributed by atoms with Crippen molar-refractivity contribution < 1.29 is 19.0 Å². The lowest BCUT2D eigenvalue weighted by Gasteiger charge is -2.24. The fourth-order valence-electron chi connectivity index (χ4n) is 4.43. The van der Waals surface area contributed by atoms with Crippen molar-refractivity contribution in [2.75, 3.05) is 18.5 Å². The Hall–Kier alpha value is -2.23. The van der Waals surface area contributed by atoms with Crippen LogP contribution in [-0.4, -0.2) is 59.7 Å². The van der Waals surface area contributed by atoms with Gasteiger partial charge in [0.25, 0.3) is 0 Å². The van der Waals surface area contributed by atoms with Crippen molar-refractivity contribution in [2.24, 2.45) is 0 Å². The Kier molecular flexibility index (Phi) is 5.83. The maximum atomic E-state index is 12.3. The Bertz CT molecular complexity index is 858. The van der Waals surface area contributed by atoms with E-state index < -0.39 is 6.10 Å². The molecule has 2 aromatic heterocycles. The number of carbonyl (C=O) groups excluding carboxylic acids is 1. The molecule has 2 N–H and O–H groups in total. The predicted molar refractivity (Wildman–Crippen MR) is 113 cm³/mol. The third-order valence-electron chi connectivity index (χ3n) is 5.94. The van der Waals surface area contributed by atoms with Gasteiger partial charge in [0.05, 0.1) is 29.8 Å². The quantitative estimate of drug-likeness (QED) is 0.752. The van der Waals surface area contributed by atoms with E-state index in [1.807, 2.05) is 23.6 Å². The Balaban J connectivity index is 1.17. The van der Waals surface area contributed by atoms with Gasteiger partial charge in [-0.3, -0.25) is 0 Å². The second-order valence-electron chi connectivity index (χ2n) is 8.01. The molecule has 30 heavy (non-hydrogen) atoms. The number of thiophene rings is 1. The molecule has 4 atom stereocenters. The van der Waals surface area contributed by atoms with E-state index in [4.69, 9.17) is 14.2 Å². The van der Waals surface area contributed by atoms with Crippen LogP contribution in [0.2, 0.25) is 0 Å². The molecule has 1 saturated carbocycles. The molecule has 4 heterocycles. The summed E-state index contributed by atoms with van der Waals surface area (Å²) in [6.45, 7) is 0.785. The molecule has 0 radical (unpaired) electrons. The zero-order valence-electron chi connectivity index (χ0n) is 16.7. The molecule has 0 aromatic carbocycles. The number of carbonyl (C=O) groups is 1. The molecule has 1 aliphatic carbocycles. The van der Waals surface area contributed by atoms with Gasteiger partial charge < -0.3 is 24.8 Å². The first-order valence-electron chi connectivity index (χ1n) is 10.6. The first-order valence-corrected chi connectivity index (χ1v) is 11.5. The number of hydrogen-bond donors (Lipinski definition) is 2. The largest absolute Gasteiger partial charge is 0.441 e. The van der Waals surface area contributed by atoms with Gasteiger partial charge in [-0.2, -0.15) is 0 Å². The number of fused-ring (bicyclic) bond motifs is 1. The van der Waals surface area contributed by atoms with E-state index in [0.29, 0.717) is 19.2 Å². The lowest BCUT2D eigenvalue weighted by atomic mass is 9.96. The zero-order valence-corrected chi connectivity index (χ0v) is 17.5. The van der Waals surface area contributed by atoms with Crippen LogP contribution in [0.3, 0.4) is 0 Å². The molecule has 0 unspecified atom stereocenters. The molecule has 0 bridgehead atoms. The molecular weight excluding hydrogens is 404 g/mol. The third-order valence-corrected chi connectivity index (χ3v) is 6.83. The predicted octanol–water partition coefficient (Wildman–Crippen LogP) is 3.21. The number of nitrogens with zero attached hydrogens (tertiary/aromatic N) is 2. The highest BCUT2D eigenvalue weighted by Gasteiger charge is 2.49. The van der Waals surface area contributed by atoms with Crippen molar-refractivity contribution >= 4 is 23.4 Å². The summed E-state index contributed by atoms with van der Waals surface area (Å²) < 4.78 is 17.5. The summed E-state index contributed by atoms with van der Waals surface area (Å²) in [5.41, 5.74) is 0.880. The average Bonchev–Trinajstić information content (AvgIpc) is 3.50. The molecule has 2 saturated heterocycles. The van der Waals surface area contributed by atoms with Crippen LogP contribution in [0.1, 0.15) is 32.1 Å². The van der Waals surface area contributed by atoms with Gasteiger partial charge in [-0.25, -0.2) is 14.8 Å². The number of amides is 1. The van der Waals surface area contributed by atoms with Crippen LogP contribution in [0.15, 0.2) is 29.8 Å². The smallest absolute Gasteiger partial charge is 0.407 e. The number of hydrogen-bond acceptors (Lipinski definition) is 8. The van der Waals surface area contributed by atoms with Crippen molar-refractivity contribution in [1.82, 2.24) is 15.3 Å². The van der Waals surface area contributed by atoms with Gasteiger partial charge >= 0.3 is 6.09 Å². The van der Waals surface area contributed by atoms with Crippen LogP contribution < -0.4 is 10.6 Å². The van der Waals surface area contributed by atoms with Gasteiger partial charge in [0.2, 0.25) is 5.95 Å². The highest BCUT2D eigenvalue weighted by atomic mass is 32.1. The van der Waals surface area contributed by atoms with E-state index >= 15 is 0 Å². The standard InChI is InChI=1S/C21H26N4O4S/c26-21(23-13-5-2-1-3-6-13)29-16-12-28-18-15(11-27-19(16)18)25-20-22-9-8-14(24-20)17-7-4-10-30-17/h4,7-10,13,15-16,18-19H,1-3,5-6,11-12H2,(H,23,26)(H,22,24,25)/t15-,16-,18-,19+/m1/s1. The van der Waals surface area contributed by atoms with Crippen molar-refractivity contribution in [3.8, 4) is 10.6 Å². The van der Waals surface area contributed by atoms with Crippen LogP contribution in [0.4, 0.5) is 10.7 Å². The summed E-state index contributed by atoms with van der Waals surface area (Å²) in [7, 11) is 0. The van der Waals surface area contributed by atoms with E-state index in [1.54, 1.807) is 17.5 Å². The summed E-state index contributed by atoms with van der Waals surface area (Å²) >= 11 is 1.64. The number of alkyl carbamates (subject to hydrolysis) is 1. The monoisotopic (exact) mass is 430 g/mol. The van der Waals surface area contributed by atoms with Crippen molar-refractivity contribution in [3.05, 3.63) is 29.8 Å². The highest BCUT2D eigenvalue weighted by molar-refractivity contribution is 7.13. The number of aromatic nitrogens is 2. The van der Waals surface area contributed by atoms with Gasteiger partial charge in [0.15, 0.2) is 6.10 Å². The van der Waals surface area contributed by atoms with E-state index in [-0.39, 0.29) is 30.4 Å². The number of nitrogens with one attached hydrogen (secondary N) is 2. The molecule has 1 amide bonds. The second kappa shape index (κ2) is 8.87. The minimum absolute atomic E-state index is 0.0939. The highest BCUT2D eigenvalue weighted by Crippen LogP contribution is 2.31. The summed E-state index contributed by atoms with van der Waals surface area (Å²) in [4.78, 5) is 22.3. The van der Waals surface area contributed by atoms with Crippen LogP contribution in [0.25, 0.3) is 10.6 Å². The Morgan fingerprint density at radius 3 is 2.83 bits per heavy atom. The number of anilines is 1. The molecule has 8 nitrogen and oxygen atoms in total. The van der Waals surface area contributed by atoms with E-state index in [1.165, 1.54) is 6.42 Å². The second-order valence-corrected chi connectivity index (χ2v) is 8.96. The van der Waals surface area contributed by atoms with Crippen molar-refractivity contribution in [1.29, 1.82) is 0 Å². The van der Waals surface area contributed by atoms with Gasteiger partial charge in [-0.15, -0.1) is 11.3 Å². The summed E-state index contributed by atoms with van der Waals surface area (Å²) in [5, 5.41) is 8.34. The van der Waals surface area contributed by atoms with E-state index in [0.717, 1.165) is 36.3 Å². The third kappa shape index (κ3) is 4.28. The number of ether oxygens (including phenoxy) is 3. The Morgan fingerprint density at radius 1 is 1.13 bits per heavy atom. The summed E-state index contributed by atoms with van der Waals surface area (Å²) in [6.07, 6.45) is 6.11. The Morgan fingerprint density at radius 2 is 2.00 bits per heavy atom. The fraction of sp³-hybridized carbons (Fsp3) is 0.571. The zero-order chi connectivity index (χ0) is 20.3. The van der Waals surface area contributed by atoms with Crippen LogP contribution in [0.5, 0.6) is 0 Å². The molecule has 9 heteroatoms. The maximum Gasteiger partial charge on any atom is 0.407 e. The minimum Gasteiger partial charge on any atom is -0.441 e. The molecule has 5 rings (SSSR count). The molecule has 3 aliphatic rings. The summed E-state index contributed by atoms with van der Waals surface area (Å²) in [6, 6.07) is 6.05. The SMILES string of the molecule is O=C(NC1CCCCC1)O[C@@H]1CO[C@H]2[C@H]1OC[C@H]2Nc1nccc(-c2cccs2)n1. The average molecular weight is 431 g/mol. The van der Waals surface area contributed by atoms with Crippen LogP contribution in [-0.2, 0) is 14.2 Å². The minimum atomic E-state index is -0.399. The molecule has 2 aromatic rings. The van der Waals surface area contributed by atoms with Gasteiger partial charge in [-0.1, -0.05) is 25.3 Å². The normalized spacial score (nSPS) is 28.8. The lowest BCUT2D eigenvalue weighted by Crippen LogP contribution is -2.42. The van der Waals surface area contributed by atoms with E-state index in [2.05, 4.69) is 20.6 Å². The van der Waals surface area contributed by atoms with Crippen molar-refractivity contribution in [2.45, 2.75) is 62.5 Å². The van der Waals surface area contributed by atoms with Crippen molar-refractivity contribution in [3.63, 3.8) is 0 Å². The fourth-order valence-corrected chi connectivity index (χ4v) is 5.12. The van der Waals surface area contributed by atoms with Crippen LogP contribution >= 0.6 is 11.3 Å². The molecule has 3 fully saturated rings. The molecular formula is C21H26N4O4S. The molecule has 160 valence electrons. The van der Waals surface area contributed by atoms with Gasteiger partial charge in [0.1, 0.15) is 12.2 Å². The first kappa shape index (κ1) is 19.7. The topological polar surface area (TPSA) is 94.6 Å². The first-order chi connectivity index (χ1) is 14.8.